The summed E-state index contributed by atoms with van der Waals surface area (Å²) >= 11 is 2.95. The van der Waals surface area contributed by atoms with Crippen molar-refractivity contribution in [2.24, 2.45) is 5.73 Å². The minimum Gasteiger partial charge on any atom is -0.365 e. The minimum atomic E-state index is -0.487. The quantitative estimate of drug-likeness (QED) is 0.649. The van der Waals surface area contributed by atoms with Crippen molar-refractivity contribution in [1.82, 2.24) is 9.88 Å². The highest BCUT2D eigenvalue weighted by atomic mass is 35.5. The van der Waals surface area contributed by atoms with Gasteiger partial charge in [0.25, 0.3) is 11.8 Å². The lowest BCUT2D eigenvalue weighted by Crippen LogP contribution is -2.35. The number of aromatic nitrogens is 1. The molecule has 0 aliphatic carbocycles. The van der Waals surface area contributed by atoms with Crippen LogP contribution in [0.2, 0.25) is 0 Å². The summed E-state index contributed by atoms with van der Waals surface area (Å²) in [5, 5.41) is 3.46. The third-order valence-corrected chi connectivity index (χ3v) is 6.81. The number of carbonyl (C=O) groups excluding carboxylic acids is 2. The van der Waals surface area contributed by atoms with Gasteiger partial charge in [0.1, 0.15) is 5.00 Å². The lowest BCUT2D eigenvalue weighted by atomic mass is 10.0. The Kier molecular flexibility index (Phi) is 6.04. The number of amides is 2. The minimum absolute atomic E-state index is 0. The zero-order chi connectivity index (χ0) is 19.1. The van der Waals surface area contributed by atoms with E-state index in [2.05, 4.69) is 29.0 Å². The number of fused-ring (bicyclic) bond motifs is 2. The fourth-order valence-electron chi connectivity index (χ4n) is 3.38. The van der Waals surface area contributed by atoms with Crippen molar-refractivity contribution in [2.45, 2.75) is 32.9 Å². The lowest BCUT2D eigenvalue weighted by Gasteiger charge is -2.30. The van der Waals surface area contributed by atoms with Crippen molar-refractivity contribution in [1.29, 1.82) is 0 Å². The van der Waals surface area contributed by atoms with Gasteiger partial charge in [-0.2, -0.15) is 0 Å². The maximum absolute atomic E-state index is 12.8. The molecule has 0 atom stereocenters. The molecular formula is C19H21ClN4O2S2. The average molecular weight is 437 g/mol. The number of nitrogens with one attached hydrogen (secondary N) is 1. The summed E-state index contributed by atoms with van der Waals surface area (Å²) in [4.78, 5) is 32.5. The number of anilines is 1. The molecule has 1 aliphatic rings. The highest BCUT2D eigenvalue weighted by Gasteiger charge is 2.28. The number of hydrogen-bond acceptors (Lipinski definition) is 6. The van der Waals surface area contributed by atoms with E-state index in [1.54, 1.807) is 11.6 Å². The number of benzene rings is 1. The third kappa shape index (κ3) is 3.77. The van der Waals surface area contributed by atoms with E-state index in [9.17, 15) is 9.59 Å². The van der Waals surface area contributed by atoms with Crippen LogP contribution in [0.15, 0.2) is 23.7 Å². The molecule has 28 heavy (non-hydrogen) atoms. The maximum atomic E-state index is 12.8. The first-order valence-corrected chi connectivity index (χ1v) is 10.5. The lowest BCUT2D eigenvalue weighted by molar-refractivity contribution is 0.0999. The molecule has 3 aromatic rings. The van der Waals surface area contributed by atoms with Gasteiger partial charge in [0, 0.05) is 29.6 Å². The van der Waals surface area contributed by atoms with E-state index in [0.717, 1.165) is 40.2 Å². The summed E-state index contributed by atoms with van der Waals surface area (Å²) in [6.07, 6.45) is 0.769. The monoisotopic (exact) mass is 436 g/mol. The molecule has 0 bridgehead atoms. The highest BCUT2D eigenvalue weighted by molar-refractivity contribution is 7.17. The Morgan fingerprint density at radius 2 is 2.11 bits per heavy atom. The van der Waals surface area contributed by atoms with E-state index in [1.165, 1.54) is 22.7 Å². The molecule has 148 valence electrons. The number of primary amides is 1. The first kappa shape index (κ1) is 20.7. The van der Waals surface area contributed by atoms with Crippen LogP contribution in [0.3, 0.4) is 0 Å². The summed E-state index contributed by atoms with van der Waals surface area (Å²) in [5.74, 6) is -0.731. The predicted molar refractivity (Wildman–Crippen MR) is 117 cm³/mol. The van der Waals surface area contributed by atoms with E-state index < -0.39 is 5.91 Å². The van der Waals surface area contributed by atoms with Crippen LogP contribution in [0.4, 0.5) is 5.00 Å². The van der Waals surface area contributed by atoms with Crippen LogP contribution in [0.1, 0.15) is 45.0 Å². The van der Waals surface area contributed by atoms with Crippen LogP contribution in [-0.2, 0) is 13.0 Å². The second-order valence-corrected chi connectivity index (χ2v) is 8.87. The van der Waals surface area contributed by atoms with Crippen LogP contribution >= 0.6 is 35.1 Å². The van der Waals surface area contributed by atoms with Gasteiger partial charge in [-0.15, -0.1) is 35.1 Å². The second kappa shape index (κ2) is 8.16. The summed E-state index contributed by atoms with van der Waals surface area (Å²) in [6.45, 7) is 5.98. The Morgan fingerprint density at radius 1 is 1.32 bits per heavy atom. The molecule has 1 aliphatic heterocycles. The van der Waals surface area contributed by atoms with Gasteiger partial charge < -0.3 is 11.1 Å². The number of rotatable bonds is 4. The van der Waals surface area contributed by atoms with Crippen LogP contribution < -0.4 is 11.1 Å². The molecule has 2 amide bonds. The Morgan fingerprint density at radius 3 is 2.82 bits per heavy atom. The number of nitrogens with two attached hydrogens (primary N) is 1. The van der Waals surface area contributed by atoms with Gasteiger partial charge >= 0.3 is 0 Å². The van der Waals surface area contributed by atoms with E-state index in [4.69, 9.17) is 5.73 Å². The van der Waals surface area contributed by atoms with Crippen molar-refractivity contribution in [3.63, 3.8) is 0 Å². The van der Waals surface area contributed by atoms with Gasteiger partial charge in [0.05, 0.1) is 21.3 Å². The Labute approximate surface area is 177 Å². The zero-order valence-corrected chi connectivity index (χ0v) is 18.0. The van der Waals surface area contributed by atoms with Crippen molar-refractivity contribution < 1.29 is 9.59 Å². The molecule has 0 unspecified atom stereocenters. The molecule has 0 fully saturated rings. The van der Waals surface area contributed by atoms with Gasteiger partial charge in [-0.3, -0.25) is 14.5 Å². The van der Waals surface area contributed by atoms with Crippen molar-refractivity contribution in [3.05, 3.63) is 45.3 Å². The van der Waals surface area contributed by atoms with Crippen LogP contribution in [0.5, 0.6) is 0 Å². The molecule has 0 spiro atoms. The van der Waals surface area contributed by atoms with E-state index in [-0.39, 0.29) is 18.3 Å². The molecule has 0 saturated heterocycles. The van der Waals surface area contributed by atoms with E-state index >= 15 is 0 Å². The van der Waals surface area contributed by atoms with Gasteiger partial charge in [-0.25, -0.2) is 4.98 Å². The van der Waals surface area contributed by atoms with E-state index in [1.807, 2.05) is 12.1 Å². The predicted octanol–water partition coefficient (Wildman–Crippen LogP) is 3.90. The highest BCUT2D eigenvalue weighted by Crippen LogP contribution is 2.37. The van der Waals surface area contributed by atoms with E-state index in [0.29, 0.717) is 22.2 Å². The number of thiophene rings is 1. The number of nitrogens with zero attached hydrogens (tertiary/aromatic N) is 2. The average Bonchev–Trinajstić information content (AvgIpc) is 3.23. The van der Waals surface area contributed by atoms with Gasteiger partial charge in [0.15, 0.2) is 0 Å². The van der Waals surface area contributed by atoms with Crippen molar-refractivity contribution in [3.8, 4) is 0 Å². The molecule has 0 radical (unpaired) electrons. The van der Waals surface area contributed by atoms with Crippen molar-refractivity contribution >= 4 is 62.1 Å². The topological polar surface area (TPSA) is 88.3 Å². The normalized spacial score (nSPS) is 14.0. The first-order valence-electron chi connectivity index (χ1n) is 8.77. The number of thiazole rings is 1. The summed E-state index contributed by atoms with van der Waals surface area (Å²) in [7, 11) is 0. The standard InChI is InChI=1S/C19H20N4O2S2.ClH/c1-10(2)23-6-5-12-15(8-23)27-19(16(12)17(20)24)22-18(25)11-3-4-13-14(7-11)26-9-21-13;/h3-4,7,9-10H,5-6,8H2,1-2H3,(H2,20,24)(H,22,25);1H. The molecule has 3 heterocycles. The molecule has 2 aromatic heterocycles. The molecule has 4 rings (SSSR count). The Bertz CT molecular complexity index is 1040. The number of hydrogen-bond donors (Lipinski definition) is 2. The molecule has 6 nitrogen and oxygen atoms in total. The number of halogens is 1. The van der Waals surface area contributed by atoms with Crippen LogP contribution in [-0.4, -0.2) is 34.3 Å². The summed E-state index contributed by atoms with van der Waals surface area (Å²) < 4.78 is 0.954. The largest absolute Gasteiger partial charge is 0.365 e. The van der Waals surface area contributed by atoms with Gasteiger partial charge in [-0.05, 0) is 44.0 Å². The Balaban J connectivity index is 0.00000225. The molecule has 1 aromatic carbocycles. The van der Waals surface area contributed by atoms with Crippen LogP contribution in [0, 0.1) is 0 Å². The summed E-state index contributed by atoms with van der Waals surface area (Å²) in [5.41, 5.74) is 10.3. The second-order valence-electron chi connectivity index (χ2n) is 6.88. The van der Waals surface area contributed by atoms with Gasteiger partial charge in [0.2, 0.25) is 0 Å². The first-order chi connectivity index (χ1) is 12.9. The summed E-state index contributed by atoms with van der Waals surface area (Å²) in [6, 6.07) is 5.83. The van der Waals surface area contributed by atoms with Crippen LogP contribution in [0.25, 0.3) is 10.2 Å². The smallest absolute Gasteiger partial charge is 0.256 e. The van der Waals surface area contributed by atoms with Gasteiger partial charge in [-0.1, -0.05) is 0 Å². The number of carbonyl (C=O) groups is 2. The molecule has 3 N–H and O–H groups in total. The third-order valence-electron chi connectivity index (χ3n) is 4.88. The maximum Gasteiger partial charge on any atom is 0.256 e. The fraction of sp³-hybridized carbons (Fsp3) is 0.316. The SMILES string of the molecule is CC(C)N1CCc2c(sc(NC(=O)c3ccc4ncsc4c3)c2C(N)=O)C1.Cl. The zero-order valence-electron chi connectivity index (χ0n) is 15.5. The fourth-order valence-corrected chi connectivity index (χ4v) is 5.37. The molecular weight excluding hydrogens is 416 g/mol. The Hall–Kier alpha value is -2.00. The molecule has 0 saturated carbocycles. The molecule has 9 heteroatoms. The van der Waals surface area contributed by atoms with Crippen molar-refractivity contribution in [2.75, 3.05) is 11.9 Å².